The Balaban J connectivity index is 2.04. The first-order valence-electron chi connectivity index (χ1n) is 7.86. The lowest BCUT2D eigenvalue weighted by molar-refractivity contribution is 0.0983. The summed E-state index contributed by atoms with van der Waals surface area (Å²) in [7, 11) is 6.41. The maximum atomic E-state index is 4.46. The van der Waals surface area contributed by atoms with Gasteiger partial charge in [0.2, 0.25) is 0 Å². The number of aromatic nitrogens is 2. The van der Waals surface area contributed by atoms with E-state index in [0.29, 0.717) is 12.1 Å². The summed E-state index contributed by atoms with van der Waals surface area (Å²) in [4.78, 5) is 6.94. The van der Waals surface area contributed by atoms with Gasteiger partial charge >= 0.3 is 0 Å². The summed E-state index contributed by atoms with van der Waals surface area (Å²) in [6.45, 7) is 5.65. The number of imidazole rings is 1. The molecule has 1 N–H and O–H groups in total. The fourth-order valence-corrected chi connectivity index (χ4v) is 3.50. The molecule has 20 heavy (non-hydrogen) atoms. The summed E-state index contributed by atoms with van der Waals surface area (Å²) in [5.41, 5.74) is 0. The number of rotatable bonds is 5. The van der Waals surface area contributed by atoms with Gasteiger partial charge in [0, 0.05) is 31.5 Å². The fraction of sp³-hybridized carbons (Fsp3) is 0.812. The third-order valence-corrected chi connectivity index (χ3v) is 5.05. The molecular weight excluding hydrogens is 248 g/mol. The fourth-order valence-electron chi connectivity index (χ4n) is 3.50. The first-order valence-corrected chi connectivity index (χ1v) is 7.86. The van der Waals surface area contributed by atoms with Crippen LogP contribution in [0.25, 0.3) is 0 Å². The molecule has 0 bridgehead atoms. The molecule has 3 unspecified atom stereocenters. The number of hydrogen-bond donors (Lipinski definition) is 1. The molecule has 2 rings (SSSR count). The van der Waals surface area contributed by atoms with Crippen molar-refractivity contribution in [2.45, 2.75) is 51.7 Å². The Morgan fingerprint density at radius 2 is 2.20 bits per heavy atom. The Kier molecular flexibility index (Phi) is 5.22. The van der Waals surface area contributed by atoms with Crippen molar-refractivity contribution in [3.05, 3.63) is 18.2 Å². The topological polar surface area (TPSA) is 33.1 Å². The Morgan fingerprint density at radius 3 is 2.75 bits per heavy atom. The molecule has 0 saturated heterocycles. The first-order chi connectivity index (χ1) is 9.52. The van der Waals surface area contributed by atoms with Crippen LogP contribution in [0.4, 0.5) is 0 Å². The van der Waals surface area contributed by atoms with Gasteiger partial charge in [0.05, 0.1) is 6.54 Å². The number of likely N-dealkylation sites (N-methyl/N-ethyl adjacent to an activating group) is 2. The minimum atomic E-state index is 0.607. The molecule has 0 radical (unpaired) electrons. The zero-order valence-electron chi connectivity index (χ0n) is 13.6. The van der Waals surface area contributed by atoms with Crippen LogP contribution in [0.3, 0.4) is 0 Å². The second-order valence-electron chi connectivity index (χ2n) is 6.65. The van der Waals surface area contributed by atoms with Gasteiger partial charge in [-0.05, 0) is 45.2 Å². The van der Waals surface area contributed by atoms with Crippen molar-refractivity contribution in [1.29, 1.82) is 0 Å². The van der Waals surface area contributed by atoms with E-state index in [1.54, 1.807) is 0 Å². The van der Waals surface area contributed by atoms with Crippen LogP contribution in [-0.2, 0) is 13.6 Å². The third-order valence-electron chi connectivity index (χ3n) is 5.05. The van der Waals surface area contributed by atoms with Crippen molar-refractivity contribution in [3.8, 4) is 0 Å². The van der Waals surface area contributed by atoms with Gasteiger partial charge in [0.25, 0.3) is 0 Å². The smallest absolute Gasteiger partial charge is 0.122 e. The molecule has 0 spiro atoms. The van der Waals surface area contributed by atoms with Gasteiger partial charge in [-0.15, -0.1) is 0 Å². The number of nitrogens with one attached hydrogen (secondary N) is 1. The molecule has 1 aromatic rings. The number of hydrogen-bond acceptors (Lipinski definition) is 3. The quantitative estimate of drug-likeness (QED) is 0.897. The Bertz CT molecular complexity index is 412. The molecule has 114 valence electrons. The molecule has 1 aliphatic carbocycles. The van der Waals surface area contributed by atoms with E-state index < -0.39 is 0 Å². The average molecular weight is 278 g/mol. The molecule has 1 heterocycles. The standard InChI is InChI=1S/C16H30N4/c1-12(2)13-6-7-14(17-3)15(10-13)20(5)11-16-18-8-9-19(16)4/h8-9,12-15,17H,6-7,10-11H2,1-5H3. The summed E-state index contributed by atoms with van der Waals surface area (Å²) in [5.74, 6) is 2.79. The van der Waals surface area contributed by atoms with Gasteiger partial charge in [0.1, 0.15) is 5.82 Å². The van der Waals surface area contributed by atoms with Crippen molar-refractivity contribution in [2.24, 2.45) is 18.9 Å². The predicted octanol–water partition coefficient (Wildman–Crippen LogP) is 2.26. The van der Waals surface area contributed by atoms with Crippen LogP contribution in [-0.4, -0.2) is 40.6 Å². The predicted molar refractivity (Wildman–Crippen MR) is 83.5 cm³/mol. The van der Waals surface area contributed by atoms with E-state index in [4.69, 9.17) is 0 Å². The highest BCUT2D eigenvalue weighted by atomic mass is 15.2. The van der Waals surface area contributed by atoms with Gasteiger partial charge < -0.3 is 9.88 Å². The lowest BCUT2D eigenvalue weighted by atomic mass is 9.76. The largest absolute Gasteiger partial charge is 0.337 e. The Morgan fingerprint density at radius 1 is 1.45 bits per heavy atom. The van der Waals surface area contributed by atoms with Crippen molar-refractivity contribution in [3.63, 3.8) is 0 Å². The molecular formula is C16H30N4. The van der Waals surface area contributed by atoms with E-state index >= 15 is 0 Å². The van der Waals surface area contributed by atoms with Crippen LogP contribution in [0.1, 0.15) is 38.9 Å². The molecule has 0 aromatic carbocycles. The monoisotopic (exact) mass is 278 g/mol. The molecule has 1 saturated carbocycles. The normalized spacial score (nSPS) is 27.4. The minimum absolute atomic E-state index is 0.607. The second kappa shape index (κ2) is 6.72. The van der Waals surface area contributed by atoms with Gasteiger partial charge in [-0.25, -0.2) is 4.98 Å². The van der Waals surface area contributed by atoms with E-state index in [2.05, 4.69) is 54.8 Å². The van der Waals surface area contributed by atoms with E-state index in [1.165, 1.54) is 19.3 Å². The van der Waals surface area contributed by atoms with Gasteiger partial charge in [-0.3, -0.25) is 4.90 Å². The van der Waals surface area contributed by atoms with Crippen LogP contribution in [0.2, 0.25) is 0 Å². The highest BCUT2D eigenvalue weighted by molar-refractivity contribution is 4.95. The molecule has 1 aromatic heterocycles. The van der Waals surface area contributed by atoms with Crippen LogP contribution < -0.4 is 5.32 Å². The van der Waals surface area contributed by atoms with Gasteiger partial charge in [0.15, 0.2) is 0 Å². The molecule has 4 nitrogen and oxygen atoms in total. The zero-order chi connectivity index (χ0) is 14.7. The molecule has 3 atom stereocenters. The summed E-state index contributed by atoms with van der Waals surface area (Å²) in [6.07, 6.45) is 7.85. The summed E-state index contributed by atoms with van der Waals surface area (Å²) in [6, 6.07) is 1.22. The third kappa shape index (κ3) is 3.41. The molecule has 1 aliphatic rings. The zero-order valence-corrected chi connectivity index (χ0v) is 13.6. The Labute approximate surface area is 123 Å². The van der Waals surface area contributed by atoms with Gasteiger partial charge in [-0.2, -0.15) is 0 Å². The summed E-state index contributed by atoms with van der Waals surface area (Å²) >= 11 is 0. The highest BCUT2D eigenvalue weighted by Crippen LogP contribution is 2.32. The van der Waals surface area contributed by atoms with Crippen molar-refractivity contribution >= 4 is 0 Å². The molecule has 0 amide bonds. The van der Waals surface area contributed by atoms with E-state index in [1.807, 2.05) is 12.4 Å². The lowest BCUT2D eigenvalue weighted by Crippen LogP contribution is -2.51. The second-order valence-corrected chi connectivity index (χ2v) is 6.65. The summed E-state index contributed by atoms with van der Waals surface area (Å²) in [5, 5.41) is 3.52. The highest BCUT2D eigenvalue weighted by Gasteiger charge is 2.33. The van der Waals surface area contributed by atoms with E-state index in [-0.39, 0.29) is 0 Å². The average Bonchev–Trinajstić information content (AvgIpc) is 2.83. The maximum absolute atomic E-state index is 4.46. The Hall–Kier alpha value is -0.870. The lowest BCUT2D eigenvalue weighted by Gasteiger charge is -2.42. The minimum Gasteiger partial charge on any atom is -0.337 e. The van der Waals surface area contributed by atoms with Crippen LogP contribution in [0, 0.1) is 11.8 Å². The van der Waals surface area contributed by atoms with Crippen molar-refractivity contribution in [2.75, 3.05) is 14.1 Å². The number of nitrogens with zero attached hydrogens (tertiary/aromatic N) is 3. The van der Waals surface area contributed by atoms with E-state index in [0.717, 1.165) is 24.2 Å². The van der Waals surface area contributed by atoms with Gasteiger partial charge in [-0.1, -0.05) is 13.8 Å². The van der Waals surface area contributed by atoms with Crippen LogP contribution in [0.15, 0.2) is 12.4 Å². The first kappa shape index (κ1) is 15.5. The SMILES string of the molecule is CNC1CCC(C(C)C)CC1N(C)Cc1nccn1C. The molecule has 1 fully saturated rings. The van der Waals surface area contributed by atoms with Crippen molar-refractivity contribution < 1.29 is 0 Å². The molecule has 4 heteroatoms. The van der Waals surface area contributed by atoms with E-state index in [9.17, 15) is 0 Å². The number of aryl methyl sites for hydroxylation is 1. The summed E-state index contributed by atoms with van der Waals surface area (Å²) < 4.78 is 2.12. The molecule has 0 aliphatic heterocycles. The van der Waals surface area contributed by atoms with Crippen molar-refractivity contribution in [1.82, 2.24) is 19.8 Å². The maximum Gasteiger partial charge on any atom is 0.122 e. The van der Waals surface area contributed by atoms with Crippen LogP contribution >= 0.6 is 0 Å². The van der Waals surface area contributed by atoms with Crippen LogP contribution in [0.5, 0.6) is 0 Å².